The van der Waals surface area contributed by atoms with E-state index in [1.54, 1.807) is 31.2 Å². The van der Waals surface area contributed by atoms with Crippen molar-refractivity contribution in [3.05, 3.63) is 59.9 Å². The minimum absolute atomic E-state index is 0.181. The van der Waals surface area contributed by atoms with Gasteiger partial charge in [-0.15, -0.1) is 6.42 Å². The van der Waals surface area contributed by atoms with Gasteiger partial charge in [0.25, 0.3) is 0 Å². The highest BCUT2D eigenvalue weighted by Gasteiger charge is 2.11. The Hall–Kier alpha value is -3.00. The predicted octanol–water partition coefficient (Wildman–Crippen LogP) is 2.95. The average Bonchev–Trinajstić information content (AvgIpc) is 2.58. The number of carbonyl (C=O) groups is 1. The molecule has 2 aromatic carbocycles. The molecule has 1 amide bonds. The Labute approximate surface area is 141 Å². The summed E-state index contributed by atoms with van der Waals surface area (Å²) in [4.78, 5) is 11.8. The molecule has 0 bridgehead atoms. The molecule has 0 aliphatic carbocycles. The third-order valence-electron chi connectivity index (χ3n) is 3.27. The maximum Gasteiger partial charge on any atom is 0.242 e. The predicted molar refractivity (Wildman–Crippen MR) is 92.1 cm³/mol. The number of hydrogen-bond donors (Lipinski definition) is 2. The minimum Gasteiger partial charge on any atom is -0.489 e. The molecule has 5 heteroatoms. The second-order valence-corrected chi connectivity index (χ2v) is 5.23. The lowest BCUT2D eigenvalue weighted by Crippen LogP contribution is -2.37. The lowest BCUT2D eigenvalue weighted by atomic mass is 10.2. The Bertz CT molecular complexity index is 740. The molecule has 1 atom stereocenters. The number of hydrogen-bond acceptors (Lipinski definition) is 3. The van der Waals surface area contributed by atoms with Crippen LogP contribution >= 0.6 is 0 Å². The quantitative estimate of drug-likeness (QED) is 0.769. The SMILES string of the molecule is C#CCNC(=O)[C@@H](C)Nc1cccc(OCc2cccc(F)c2)c1. The van der Waals surface area contributed by atoms with E-state index in [-0.39, 0.29) is 24.9 Å². The molecule has 2 rings (SSSR count). The molecule has 0 aliphatic rings. The number of ether oxygens (including phenoxy) is 1. The monoisotopic (exact) mass is 326 g/mol. The van der Waals surface area contributed by atoms with E-state index in [9.17, 15) is 9.18 Å². The highest BCUT2D eigenvalue weighted by molar-refractivity contribution is 5.84. The number of benzene rings is 2. The largest absolute Gasteiger partial charge is 0.489 e. The summed E-state index contributed by atoms with van der Waals surface area (Å²) in [5.74, 6) is 2.51. The van der Waals surface area contributed by atoms with Gasteiger partial charge >= 0.3 is 0 Å². The van der Waals surface area contributed by atoms with Gasteiger partial charge in [-0.25, -0.2) is 4.39 Å². The second-order valence-electron chi connectivity index (χ2n) is 5.23. The molecule has 0 radical (unpaired) electrons. The molecule has 0 saturated carbocycles. The van der Waals surface area contributed by atoms with Crippen LogP contribution in [0.3, 0.4) is 0 Å². The smallest absolute Gasteiger partial charge is 0.242 e. The van der Waals surface area contributed by atoms with Gasteiger partial charge in [0.2, 0.25) is 5.91 Å². The molecule has 0 aromatic heterocycles. The molecule has 0 aliphatic heterocycles. The Morgan fingerprint density at radius 2 is 2.08 bits per heavy atom. The molecule has 2 aromatic rings. The number of carbonyl (C=O) groups excluding carboxylic acids is 1. The van der Waals surface area contributed by atoms with Gasteiger partial charge in [0, 0.05) is 11.8 Å². The summed E-state index contributed by atoms with van der Waals surface area (Å²) in [6, 6.07) is 13.1. The van der Waals surface area contributed by atoms with Crippen LogP contribution in [0.1, 0.15) is 12.5 Å². The first-order valence-electron chi connectivity index (χ1n) is 7.53. The van der Waals surface area contributed by atoms with E-state index in [2.05, 4.69) is 16.6 Å². The van der Waals surface area contributed by atoms with E-state index >= 15 is 0 Å². The fraction of sp³-hybridized carbons (Fsp3) is 0.211. The van der Waals surface area contributed by atoms with E-state index < -0.39 is 6.04 Å². The molecule has 0 unspecified atom stereocenters. The van der Waals surface area contributed by atoms with Gasteiger partial charge in [0.05, 0.1) is 6.54 Å². The molecule has 0 saturated heterocycles. The zero-order chi connectivity index (χ0) is 17.4. The second kappa shape index (κ2) is 8.59. The van der Waals surface area contributed by atoms with Crippen molar-refractivity contribution in [3.63, 3.8) is 0 Å². The summed E-state index contributed by atoms with van der Waals surface area (Å²) in [5, 5.41) is 5.69. The van der Waals surface area contributed by atoms with Crippen LogP contribution in [0.5, 0.6) is 5.75 Å². The Morgan fingerprint density at radius 3 is 2.83 bits per heavy atom. The van der Waals surface area contributed by atoms with Gasteiger partial charge in [0.1, 0.15) is 24.2 Å². The van der Waals surface area contributed by atoms with Crippen LogP contribution in [0.4, 0.5) is 10.1 Å². The summed E-state index contributed by atoms with van der Waals surface area (Å²) in [6.07, 6.45) is 5.11. The van der Waals surface area contributed by atoms with E-state index in [4.69, 9.17) is 11.2 Å². The fourth-order valence-electron chi connectivity index (χ4n) is 2.08. The zero-order valence-electron chi connectivity index (χ0n) is 13.4. The summed E-state index contributed by atoms with van der Waals surface area (Å²) in [7, 11) is 0. The highest BCUT2D eigenvalue weighted by atomic mass is 19.1. The fourth-order valence-corrected chi connectivity index (χ4v) is 2.08. The van der Waals surface area contributed by atoms with Crippen molar-refractivity contribution >= 4 is 11.6 Å². The number of nitrogens with one attached hydrogen (secondary N) is 2. The van der Waals surface area contributed by atoms with Gasteiger partial charge in [-0.3, -0.25) is 4.79 Å². The Kier molecular flexibility index (Phi) is 6.21. The van der Waals surface area contributed by atoms with Crippen molar-refractivity contribution in [3.8, 4) is 18.1 Å². The molecule has 2 N–H and O–H groups in total. The highest BCUT2D eigenvalue weighted by Crippen LogP contribution is 2.19. The van der Waals surface area contributed by atoms with E-state index in [0.717, 1.165) is 11.3 Å². The topological polar surface area (TPSA) is 50.4 Å². The first kappa shape index (κ1) is 17.4. The van der Waals surface area contributed by atoms with Gasteiger partial charge in [-0.2, -0.15) is 0 Å². The molecule has 24 heavy (non-hydrogen) atoms. The van der Waals surface area contributed by atoms with Crippen LogP contribution in [0.25, 0.3) is 0 Å². The van der Waals surface area contributed by atoms with Gasteiger partial charge in [0.15, 0.2) is 0 Å². The molecule has 0 heterocycles. The maximum atomic E-state index is 13.1. The number of anilines is 1. The first-order valence-corrected chi connectivity index (χ1v) is 7.53. The Morgan fingerprint density at radius 1 is 1.29 bits per heavy atom. The third-order valence-corrected chi connectivity index (χ3v) is 3.27. The maximum absolute atomic E-state index is 13.1. The summed E-state index contributed by atoms with van der Waals surface area (Å²) in [5.41, 5.74) is 1.49. The van der Waals surface area contributed by atoms with Crippen molar-refractivity contribution in [1.82, 2.24) is 5.32 Å². The molecule has 0 spiro atoms. The van der Waals surface area contributed by atoms with E-state index in [1.165, 1.54) is 12.1 Å². The molecular formula is C19H19FN2O2. The van der Waals surface area contributed by atoms with E-state index in [0.29, 0.717) is 5.75 Å². The standard InChI is InChI=1S/C19H19FN2O2/c1-3-10-21-19(23)14(2)22-17-8-5-9-18(12-17)24-13-15-6-4-7-16(20)11-15/h1,4-9,11-12,14,22H,10,13H2,2H3,(H,21,23)/t14-/m1/s1. The lowest BCUT2D eigenvalue weighted by molar-refractivity contribution is -0.121. The van der Waals surface area contributed by atoms with Gasteiger partial charge < -0.3 is 15.4 Å². The van der Waals surface area contributed by atoms with Gasteiger partial charge in [-0.05, 0) is 36.8 Å². The summed E-state index contributed by atoms with van der Waals surface area (Å²) < 4.78 is 18.8. The number of rotatable bonds is 7. The molecule has 124 valence electrons. The van der Waals surface area contributed by atoms with Crippen molar-refractivity contribution in [1.29, 1.82) is 0 Å². The van der Waals surface area contributed by atoms with Crippen LogP contribution in [-0.2, 0) is 11.4 Å². The third kappa shape index (κ3) is 5.33. The average molecular weight is 326 g/mol. The first-order chi connectivity index (χ1) is 11.6. The lowest BCUT2D eigenvalue weighted by Gasteiger charge is -2.15. The van der Waals surface area contributed by atoms with Crippen LogP contribution in [-0.4, -0.2) is 18.5 Å². The normalized spacial score (nSPS) is 11.2. The van der Waals surface area contributed by atoms with Crippen molar-refractivity contribution in [2.45, 2.75) is 19.6 Å². The van der Waals surface area contributed by atoms with Gasteiger partial charge in [-0.1, -0.05) is 24.1 Å². The van der Waals surface area contributed by atoms with E-state index in [1.807, 2.05) is 12.1 Å². The molecule has 4 nitrogen and oxygen atoms in total. The van der Waals surface area contributed by atoms with Crippen LogP contribution < -0.4 is 15.4 Å². The number of terminal acetylenes is 1. The van der Waals surface area contributed by atoms with Crippen LogP contribution in [0.2, 0.25) is 0 Å². The number of halogens is 1. The van der Waals surface area contributed by atoms with Crippen LogP contribution in [0.15, 0.2) is 48.5 Å². The minimum atomic E-state index is -0.434. The van der Waals surface area contributed by atoms with Crippen molar-refractivity contribution < 1.29 is 13.9 Å². The zero-order valence-corrected chi connectivity index (χ0v) is 13.4. The summed E-state index contributed by atoms with van der Waals surface area (Å²) >= 11 is 0. The summed E-state index contributed by atoms with van der Waals surface area (Å²) in [6.45, 7) is 2.20. The Balaban J connectivity index is 1.93. The van der Waals surface area contributed by atoms with Crippen LogP contribution in [0, 0.1) is 18.2 Å². The van der Waals surface area contributed by atoms with Crippen molar-refractivity contribution in [2.75, 3.05) is 11.9 Å². The molecular weight excluding hydrogens is 307 g/mol. The number of amides is 1. The molecule has 0 fully saturated rings. The van der Waals surface area contributed by atoms with Crippen molar-refractivity contribution in [2.24, 2.45) is 0 Å².